The van der Waals surface area contributed by atoms with Crippen LogP contribution in [0.15, 0.2) is 0 Å². The molecule has 0 aliphatic heterocycles. The first kappa shape index (κ1) is 13.5. The van der Waals surface area contributed by atoms with Crippen molar-refractivity contribution in [1.29, 1.82) is 0 Å². The van der Waals surface area contributed by atoms with Crippen LogP contribution >= 0.6 is 0 Å². The number of hydrogen-bond acceptors (Lipinski definition) is 2. The lowest BCUT2D eigenvalue weighted by molar-refractivity contribution is -0.144. The monoisotopic (exact) mass is 227 g/mol. The van der Waals surface area contributed by atoms with Crippen LogP contribution < -0.4 is 5.32 Å². The van der Waals surface area contributed by atoms with E-state index in [1.54, 1.807) is 7.11 Å². The van der Waals surface area contributed by atoms with E-state index in [1.165, 1.54) is 0 Å². The Bertz CT molecular complexity index is 265. The highest BCUT2D eigenvalue weighted by Crippen LogP contribution is 2.53. The van der Waals surface area contributed by atoms with E-state index < -0.39 is 0 Å². The Balaban J connectivity index is 2.48. The Morgan fingerprint density at radius 2 is 1.75 bits per heavy atom. The van der Waals surface area contributed by atoms with Crippen LogP contribution in [0.4, 0.5) is 0 Å². The molecule has 16 heavy (non-hydrogen) atoms. The predicted molar refractivity (Wildman–Crippen MR) is 65.2 cm³/mol. The van der Waals surface area contributed by atoms with Crippen molar-refractivity contribution in [2.75, 3.05) is 7.11 Å². The summed E-state index contributed by atoms with van der Waals surface area (Å²) in [6.07, 6.45) is 2.00. The van der Waals surface area contributed by atoms with E-state index in [-0.39, 0.29) is 23.5 Å². The maximum Gasteiger partial charge on any atom is 0.226 e. The molecule has 3 nitrogen and oxygen atoms in total. The van der Waals surface area contributed by atoms with Crippen LogP contribution in [0.25, 0.3) is 0 Å². The lowest BCUT2D eigenvalue weighted by Crippen LogP contribution is -2.54. The van der Waals surface area contributed by atoms with E-state index in [1.807, 2.05) is 13.8 Å². The maximum atomic E-state index is 12.1. The summed E-state index contributed by atoms with van der Waals surface area (Å²) in [5, 5.41) is 3.05. The van der Waals surface area contributed by atoms with Gasteiger partial charge in [-0.25, -0.2) is 0 Å². The molecule has 0 heterocycles. The molecular formula is C13H25NO2. The van der Waals surface area contributed by atoms with Gasteiger partial charge in [-0.05, 0) is 32.1 Å². The highest BCUT2D eigenvalue weighted by Gasteiger charge is 2.50. The summed E-state index contributed by atoms with van der Waals surface area (Å²) in [5.74, 6) is 0.170. The molecular weight excluding hydrogens is 202 g/mol. The molecule has 2 atom stereocenters. The minimum atomic E-state index is -0.175. The quantitative estimate of drug-likeness (QED) is 0.800. The first-order valence-corrected chi connectivity index (χ1v) is 6.04. The van der Waals surface area contributed by atoms with Crippen molar-refractivity contribution in [2.24, 2.45) is 10.8 Å². The standard InChI is InChI=1S/C13H25NO2/c1-9(10(2)16-6)14-11(15)13(5)7-12(3,4)8-13/h9-10H,7-8H2,1-6H3,(H,14,15)/t9-,10+/m1/s1. The Morgan fingerprint density at radius 1 is 1.25 bits per heavy atom. The van der Waals surface area contributed by atoms with Crippen molar-refractivity contribution in [3.05, 3.63) is 0 Å². The van der Waals surface area contributed by atoms with Crippen LogP contribution in [-0.2, 0) is 9.53 Å². The van der Waals surface area contributed by atoms with E-state index in [0.29, 0.717) is 5.41 Å². The molecule has 1 aliphatic rings. The van der Waals surface area contributed by atoms with Gasteiger partial charge in [0.15, 0.2) is 0 Å². The summed E-state index contributed by atoms with van der Waals surface area (Å²) in [6.45, 7) is 10.4. The second-order valence-corrected chi connectivity index (χ2v) is 6.28. The van der Waals surface area contributed by atoms with Gasteiger partial charge in [-0.15, -0.1) is 0 Å². The molecule has 1 N–H and O–H groups in total. The zero-order valence-corrected chi connectivity index (χ0v) is 11.4. The number of rotatable bonds is 4. The summed E-state index contributed by atoms with van der Waals surface area (Å²) in [5.41, 5.74) is 0.146. The molecule has 0 saturated heterocycles. The topological polar surface area (TPSA) is 38.3 Å². The van der Waals surface area contributed by atoms with Gasteiger partial charge in [-0.3, -0.25) is 4.79 Å². The van der Waals surface area contributed by atoms with Gasteiger partial charge in [0, 0.05) is 12.5 Å². The van der Waals surface area contributed by atoms with E-state index in [0.717, 1.165) is 12.8 Å². The second-order valence-electron chi connectivity index (χ2n) is 6.28. The van der Waals surface area contributed by atoms with Gasteiger partial charge in [0.25, 0.3) is 0 Å². The van der Waals surface area contributed by atoms with E-state index in [9.17, 15) is 4.79 Å². The lowest BCUT2D eigenvalue weighted by atomic mass is 9.55. The predicted octanol–water partition coefficient (Wildman–Crippen LogP) is 2.35. The fourth-order valence-corrected chi connectivity index (χ4v) is 2.92. The van der Waals surface area contributed by atoms with Crippen molar-refractivity contribution >= 4 is 5.91 Å². The molecule has 0 bridgehead atoms. The largest absolute Gasteiger partial charge is 0.380 e. The van der Waals surface area contributed by atoms with Crippen LogP contribution in [0.3, 0.4) is 0 Å². The van der Waals surface area contributed by atoms with Crippen molar-refractivity contribution in [3.63, 3.8) is 0 Å². The first-order chi connectivity index (χ1) is 7.20. The van der Waals surface area contributed by atoms with Gasteiger partial charge in [0.05, 0.1) is 12.1 Å². The van der Waals surface area contributed by atoms with E-state index >= 15 is 0 Å². The highest BCUT2D eigenvalue weighted by molar-refractivity contribution is 5.83. The third-order valence-electron chi connectivity index (χ3n) is 3.72. The minimum Gasteiger partial charge on any atom is -0.380 e. The molecule has 0 spiro atoms. The average Bonchev–Trinajstić information content (AvgIpc) is 2.13. The number of nitrogens with one attached hydrogen (secondary N) is 1. The van der Waals surface area contributed by atoms with Gasteiger partial charge in [0.1, 0.15) is 0 Å². The van der Waals surface area contributed by atoms with Crippen molar-refractivity contribution in [3.8, 4) is 0 Å². The molecule has 3 heteroatoms. The van der Waals surface area contributed by atoms with Gasteiger partial charge in [-0.1, -0.05) is 20.8 Å². The summed E-state index contributed by atoms with van der Waals surface area (Å²) in [4.78, 5) is 12.1. The van der Waals surface area contributed by atoms with Crippen LogP contribution in [0.5, 0.6) is 0 Å². The number of carbonyl (C=O) groups excluding carboxylic acids is 1. The zero-order chi connectivity index (χ0) is 12.6. The van der Waals surface area contributed by atoms with Crippen LogP contribution in [-0.4, -0.2) is 25.2 Å². The number of ether oxygens (including phenoxy) is 1. The average molecular weight is 227 g/mol. The van der Waals surface area contributed by atoms with Crippen molar-refractivity contribution in [1.82, 2.24) is 5.32 Å². The highest BCUT2D eigenvalue weighted by atomic mass is 16.5. The summed E-state index contributed by atoms with van der Waals surface area (Å²) in [7, 11) is 1.67. The number of amides is 1. The number of hydrogen-bond donors (Lipinski definition) is 1. The van der Waals surface area contributed by atoms with Crippen LogP contribution in [0.2, 0.25) is 0 Å². The van der Waals surface area contributed by atoms with Crippen LogP contribution in [0, 0.1) is 10.8 Å². The smallest absolute Gasteiger partial charge is 0.226 e. The van der Waals surface area contributed by atoms with E-state index in [2.05, 4.69) is 26.1 Å². The molecule has 0 unspecified atom stereocenters. The van der Waals surface area contributed by atoms with Crippen molar-refractivity contribution < 1.29 is 9.53 Å². The zero-order valence-electron chi connectivity index (χ0n) is 11.4. The normalized spacial score (nSPS) is 25.4. The molecule has 0 radical (unpaired) electrons. The molecule has 94 valence electrons. The Hall–Kier alpha value is -0.570. The molecule has 1 rings (SSSR count). The Morgan fingerprint density at radius 3 is 2.12 bits per heavy atom. The molecule has 1 aliphatic carbocycles. The molecule has 0 aromatic carbocycles. The molecule has 0 aromatic heterocycles. The molecule has 1 amide bonds. The summed E-state index contributed by atoms with van der Waals surface area (Å²) >= 11 is 0. The van der Waals surface area contributed by atoms with Gasteiger partial charge in [0.2, 0.25) is 5.91 Å². The fraction of sp³-hybridized carbons (Fsp3) is 0.923. The van der Waals surface area contributed by atoms with Crippen LogP contribution in [0.1, 0.15) is 47.5 Å². The maximum absolute atomic E-state index is 12.1. The second kappa shape index (κ2) is 4.36. The Kier molecular flexibility index (Phi) is 3.68. The van der Waals surface area contributed by atoms with Gasteiger partial charge >= 0.3 is 0 Å². The van der Waals surface area contributed by atoms with E-state index in [4.69, 9.17) is 4.74 Å². The van der Waals surface area contributed by atoms with Gasteiger partial charge < -0.3 is 10.1 Å². The Labute approximate surface area is 98.9 Å². The fourth-order valence-electron chi connectivity index (χ4n) is 2.92. The van der Waals surface area contributed by atoms with Crippen molar-refractivity contribution in [2.45, 2.75) is 59.6 Å². The minimum absolute atomic E-state index is 0.0561. The number of methoxy groups -OCH3 is 1. The first-order valence-electron chi connectivity index (χ1n) is 6.04. The molecule has 1 fully saturated rings. The third-order valence-corrected chi connectivity index (χ3v) is 3.72. The summed E-state index contributed by atoms with van der Waals surface area (Å²) < 4.78 is 5.20. The molecule has 1 saturated carbocycles. The summed E-state index contributed by atoms with van der Waals surface area (Å²) in [6, 6.07) is 0.0676. The van der Waals surface area contributed by atoms with Gasteiger partial charge in [-0.2, -0.15) is 0 Å². The SMILES string of the molecule is CO[C@@H](C)[C@@H](C)NC(=O)C1(C)CC(C)(C)C1. The lowest BCUT2D eigenvalue weighted by Gasteiger charge is -2.50. The number of carbonyl (C=O) groups is 1. The molecule has 0 aromatic rings. The third kappa shape index (κ3) is 2.76.